The van der Waals surface area contributed by atoms with E-state index in [0.29, 0.717) is 0 Å². The molecule has 1 unspecified atom stereocenters. The standard InChI is InChI=1S/C8H8FNO3S/c1-14(13)10-7-4-5(9)2-3-6(7)8(11)12/h2-4,10H,1H3,(H,11,12). The summed E-state index contributed by atoms with van der Waals surface area (Å²) in [6, 6.07) is 3.14. The van der Waals surface area contributed by atoms with E-state index in [9.17, 15) is 13.4 Å². The van der Waals surface area contributed by atoms with E-state index in [1.165, 1.54) is 6.26 Å². The topological polar surface area (TPSA) is 66.4 Å². The molecule has 0 amide bonds. The molecule has 76 valence electrons. The van der Waals surface area contributed by atoms with Crippen LogP contribution >= 0.6 is 0 Å². The largest absolute Gasteiger partial charge is 0.478 e. The number of nitrogens with one attached hydrogen (secondary N) is 1. The summed E-state index contributed by atoms with van der Waals surface area (Å²) < 4.78 is 25.9. The smallest absolute Gasteiger partial charge is 0.337 e. The van der Waals surface area contributed by atoms with Gasteiger partial charge in [-0.15, -0.1) is 0 Å². The van der Waals surface area contributed by atoms with E-state index in [4.69, 9.17) is 5.11 Å². The van der Waals surface area contributed by atoms with Gasteiger partial charge in [0, 0.05) is 6.26 Å². The van der Waals surface area contributed by atoms with Crippen molar-refractivity contribution in [2.75, 3.05) is 11.0 Å². The van der Waals surface area contributed by atoms with Gasteiger partial charge in [-0.3, -0.25) is 0 Å². The van der Waals surface area contributed by atoms with E-state index in [-0.39, 0.29) is 11.3 Å². The summed E-state index contributed by atoms with van der Waals surface area (Å²) in [5.41, 5.74) is -0.0973. The number of hydrogen-bond donors (Lipinski definition) is 2. The van der Waals surface area contributed by atoms with E-state index >= 15 is 0 Å². The normalized spacial score (nSPS) is 12.1. The van der Waals surface area contributed by atoms with Gasteiger partial charge in [-0.05, 0) is 18.2 Å². The summed E-state index contributed by atoms with van der Waals surface area (Å²) in [4.78, 5) is 10.7. The summed E-state index contributed by atoms with van der Waals surface area (Å²) in [6.45, 7) is 0. The predicted molar refractivity (Wildman–Crippen MR) is 51.0 cm³/mol. The molecule has 0 fully saturated rings. The van der Waals surface area contributed by atoms with Crippen LogP contribution < -0.4 is 4.72 Å². The summed E-state index contributed by atoms with van der Waals surface area (Å²) in [5, 5.41) is 8.71. The fourth-order valence-corrected chi connectivity index (χ4v) is 1.42. The Hall–Kier alpha value is -1.43. The molecule has 14 heavy (non-hydrogen) atoms. The second-order valence-electron chi connectivity index (χ2n) is 2.55. The molecule has 0 bridgehead atoms. The highest BCUT2D eigenvalue weighted by molar-refractivity contribution is 7.85. The lowest BCUT2D eigenvalue weighted by atomic mass is 10.2. The third-order valence-corrected chi connectivity index (χ3v) is 1.97. The van der Waals surface area contributed by atoms with Crippen LogP contribution in [0.4, 0.5) is 10.1 Å². The first-order valence-electron chi connectivity index (χ1n) is 3.63. The van der Waals surface area contributed by atoms with Gasteiger partial charge in [-0.25, -0.2) is 13.4 Å². The number of halogens is 1. The average molecular weight is 217 g/mol. The lowest BCUT2D eigenvalue weighted by Crippen LogP contribution is -2.08. The summed E-state index contributed by atoms with van der Waals surface area (Å²) >= 11 is 0. The Labute approximate surface area is 82.3 Å². The van der Waals surface area contributed by atoms with Crippen molar-refractivity contribution in [3.05, 3.63) is 29.6 Å². The lowest BCUT2D eigenvalue weighted by molar-refractivity contribution is 0.0698. The monoisotopic (exact) mass is 217 g/mol. The van der Waals surface area contributed by atoms with Gasteiger partial charge >= 0.3 is 5.97 Å². The second-order valence-corrected chi connectivity index (χ2v) is 3.66. The van der Waals surface area contributed by atoms with Gasteiger partial charge in [-0.2, -0.15) is 0 Å². The summed E-state index contributed by atoms with van der Waals surface area (Å²) in [5.74, 6) is -1.78. The van der Waals surface area contributed by atoms with Crippen LogP contribution in [0.2, 0.25) is 0 Å². The number of anilines is 1. The van der Waals surface area contributed by atoms with Gasteiger partial charge in [0.1, 0.15) is 16.8 Å². The quantitative estimate of drug-likeness (QED) is 0.800. The van der Waals surface area contributed by atoms with Crippen molar-refractivity contribution in [3.63, 3.8) is 0 Å². The van der Waals surface area contributed by atoms with E-state index < -0.39 is 22.8 Å². The maximum Gasteiger partial charge on any atom is 0.337 e. The zero-order valence-electron chi connectivity index (χ0n) is 7.28. The molecule has 1 aromatic carbocycles. The maximum absolute atomic E-state index is 12.7. The predicted octanol–water partition coefficient (Wildman–Crippen LogP) is 1.23. The Morgan fingerprint density at radius 1 is 1.57 bits per heavy atom. The minimum Gasteiger partial charge on any atom is -0.478 e. The minimum absolute atomic E-state index is 0.0123. The van der Waals surface area contributed by atoms with Crippen molar-refractivity contribution in [1.29, 1.82) is 0 Å². The van der Waals surface area contributed by atoms with E-state index in [2.05, 4.69) is 4.72 Å². The molecule has 0 aliphatic carbocycles. The third-order valence-electron chi connectivity index (χ3n) is 1.47. The SMILES string of the molecule is CS(=O)Nc1cc(F)ccc1C(=O)O. The number of carboxylic acids is 1. The van der Waals surface area contributed by atoms with Crippen molar-refractivity contribution < 1.29 is 18.5 Å². The molecule has 0 saturated heterocycles. The molecule has 0 aliphatic rings. The molecule has 2 N–H and O–H groups in total. The molecule has 1 rings (SSSR count). The van der Waals surface area contributed by atoms with Gasteiger partial charge in [0.2, 0.25) is 0 Å². The van der Waals surface area contributed by atoms with Crippen molar-refractivity contribution in [2.24, 2.45) is 0 Å². The van der Waals surface area contributed by atoms with Crippen LogP contribution in [0.5, 0.6) is 0 Å². The van der Waals surface area contributed by atoms with Gasteiger partial charge in [0.15, 0.2) is 0 Å². The summed E-state index contributed by atoms with van der Waals surface area (Å²) in [7, 11) is -1.43. The highest BCUT2D eigenvalue weighted by atomic mass is 32.2. The zero-order chi connectivity index (χ0) is 10.7. The van der Waals surface area contributed by atoms with Crippen LogP contribution in [0.3, 0.4) is 0 Å². The van der Waals surface area contributed by atoms with Gasteiger partial charge in [0.25, 0.3) is 0 Å². The van der Waals surface area contributed by atoms with E-state index in [0.717, 1.165) is 18.2 Å². The second kappa shape index (κ2) is 4.19. The van der Waals surface area contributed by atoms with Gasteiger partial charge in [0.05, 0.1) is 11.3 Å². The molecule has 0 aromatic heterocycles. The highest BCUT2D eigenvalue weighted by Gasteiger charge is 2.11. The molecule has 6 heteroatoms. The van der Waals surface area contributed by atoms with Crippen molar-refractivity contribution in [3.8, 4) is 0 Å². The molecule has 0 aliphatic heterocycles. The molecular formula is C8H8FNO3S. The van der Waals surface area contributed by atoms with Gasteiger partial charge < -0.3 is 9.83 Å². The number of carbonyl (C=O) groups is 1. The molecule has 0 saturated carbocycles. The Kier molecular flexibility index (Phi) is 3.19. The maximum atomic E-state index is 12.7. The fourth-order valence-electron chi connectivity index (χ4n) is 0.942. The highest BCUT2D eigenvalue weighted by Crippen LogP contribution is 2.17. The first kappa shape index (κ1) is 10.6. The van der Waals surface area contributed by atoms with Crippen LogP contribution in [-0.2, 0) is 11.0 Å². The number of benzene rings is 1. The summed E-state index contributed by atoms with van der Waals surface area (Å²) in [6.07, 6.45) is 1.33. The average Bonchev–Trinajstić information content (AvgIpc) is 2.01. The number of rotatable bonds is 3. The van der Waals surface area contributed by atoms with Gasteiger partial charge in [-0.1, -0.05) is 0 Å². The molecule has 0 radical (unpaired) electrons. The minimum atomic E-state index is -1.43. The molecule has 0 spiro atoms. The van der Waals surface area contributed by atoms with E-state index in [1.807, 2.05) is 0 Å². The number of hydrogen-bond acceptors (Lipinski definition) is 2. The Balaban J connectivity index is 3.15. The Morgan fingerprint density at radius 2 is 2.21 bits per heavy atom. The van der Waals surface area contributed by atoms with Crippen LogP contribution in [0.15, 0.2) is 18.2 Å². The fraction of sp³-hybridized carbons (Fsp3) is 0.125. The zero-order valence-corrected chi connectivity index (χ0v) is 8.10. The molecule has 1 atom stereocenters. The first-order valence-corrected chi connectivity index (χ1v) is 5.19. The lowest BCUT2D eigenvalue weighted by Gasteiger charge is -2.06. The van der Waals surface area contributed by atoms with Crippen LogP contribution in [0.1, 0.15) is 10.4 Å². The van der Waals surface area contributed by atoms with Crippen molar-refractivity contribution in [2.45, 2.75) is 0 Å². The molecule has 0 heterocycles. The number of aromatic carboxylic acids is 1. The molecular weight excluding hydrogens is 209 g/mol. The molecule has 1 aromatic rings. The van der Waals surface area contributed by atoms with Crippen LogP contribution in [0, 0.1) is 5.82 Å². The Morgan fingerprint density at radius 3 is 2.71 bits per heavy atom. The first-order chi connectivity index (χ1) is 6.50. The number of carboxylic acid groups (broad SMARTS) is 1. The third kappa shape index (κ3) is 2.53. The van der Waals surface area contributed by atoms with Crippen molar-refractivity contribution >= 4 is 22.6 Å². The van der Waals surface area contributed by atoms with Crippen molar-refractivity contribution in [1.82, 2.24) is 0 Å². The molecule has 4 nitrogen and oxygen atoms in total. The van der Waals surface area contributed by atoms with E-state index in [1.54, 1.807) is 0 Å². The Bertz CT molecular complexity index is 394. The van der Waals surface area contributed by atoms with Crippen LogP contribution in [-0.4, -0.2) is 21.5 Å². The van der Waals surface area contributed by atoms with Crippen LogP contribution in [0.25, 0.3) is 0 Å².